The van der Waals surface area contributed by atoms with Crippen molar-refractivity contribution in [3.05, 3.63) is 62.3 Å². The van der Waals surface area contributed by atoms with Crippen LogP contribution in [-0.4, -0.2) is 49.2 Å². The van der Waals surface area contributed by atoms with Crippen LogP contribution in [0.1, 0.15) is 16.1 Å². The van der Waals surface area contributed by atoms with Gasteiger partial charge in [-0.15, -0.1) is 11.3 Å². The molecule has 0 unspecified atom stereocenters. The third-order valence-corrected chi connectivity index (χ3v) is 8.24. The molecule has 0 radical (unpaired) electrons. The van der Waals surface area contributed by atoms with Crippen molar-refractivity contribution in [2.75, 3.05) is 25.5 Å². The molecule has 178 valence electrons. The second kappa shape index (κ2) is 10.4. The minimum absolute atomic E-state index is 0.0451. The number of benzene rings is 1. The minimum Gasteiger partial charge on any atom is -0.465 e. The zero-order valence-corrected chi connectivity index (χ0v) is 21.8. The number of nitrogens with zero attached hydrogens (tertiary/aromatic N) is 3. The molecule has 0 amide bonds. The number of ether oxygens (including phenoxy) is 1. The van der Waals surface area contributed by atoms with Crippen molar-refractivity contribution < 1.29 is 17.9 Å². The molecule has 9 nitrogen and oxygen atoms in total. The van der Waals surface area contributed by atoms with E-state index < -0.39 is 16.0 Å². The van der Waals surface area contributed by atoms with Crippen LogP contribution in [0.15, 0.2) is 57.3 Å². The Morgan fingerprint density at radius 3 is 2.82 bits per heavy atom. The summed E-state index contributed by atoms with van der Waals surface area (Å²) in [6.07, 6.45) is 2.13. The molecule has 1 aromatic carbocycles. The van der Waals surface area contributed by atoms with Crippen molar-refractivity contribution in [3.63, 3.8) is 0 Å². The molecule has 0 aliphatic heterocycles. The normalized spacial score (nSPS) is 11.6. The predicted molar refractivity (Wildman–Crippen MR) is 135 cm³/mol. The van der Waals surface area contributed by atoms with Crippen molar-refractivity contribution in [2.24, 2.45) is 0 Å². The molecule has 2 N–H and O–H groups in total. The zero-order chi connectivity index (χ0) is 24.3. The number of carbonyl (C=O) groups is 1. The Hall–Kier alpha value is -2.51. The maximum Gasteiger partial charge on any atom is 0.349 e. The molecule has 0 bridgehead atoms. The lowest BCUT2D eigenvalue weighted by Gasteiger charge is -2.12. The molecule has 0 aliphatic rings. The lowest BCUT2D eigenvalue weighted by atomic mass is 10.1. The number of thiophene rings is 1. The van der Waals surface area contributed by atoms with Crippen molar-refractivity contribution >= 4 is 66.3 Å². The van der Waals surface area contributed by atoms with E-state index in [1.54, 1.807) is 16.8 Å². The predicted octanol–water partition coefficient (Wildman–Crippen LogP) is 4.44. The smallest absolute Gasteiger partial charge is 0.349 e. The van der Waals surface area contributed by atoms with Gasteiger partial charge in [0.15, 0.2) is 5.65 Å². The molecule has 34 heavy (non-hydrogen) atoms. The summed E-state index contributed by atoms with van der Waals surface area (Å²) in [6, 6.07) is 10.6. The van der Waals surface area contributed by atoms with Gasteiger partial charge in [0.05, 0.1) is 23.5 Å². The highest BCUT2D eigenvalue weighted by Crippen LogP contribution is 2.30. The quantitative estimate of drug-likeness (QED) is 0.221. The third-order valence-electron chi connectivity index (χ3n) is 4.82. The number of nitrogens with one attached hydrogen (secondary N) is 2. The van der Waals surface area contributed by atoms with Gasteiger partial charge in [0.25, 0.3) is 0 Å². The van der Waals surface area contributed by atoms with Gasteiger partial charge in [-0.2, -0.15) is 9.61 Å². The summed E-state index contributed by atoms with van der Waals surface area (Å²) >= 11 is 10.8. The van der Waals surface area contributed by atoms with Crippen LogP contribution in [0.3, 0.4) is 0 Å². The third kappa shape index (κ3) is 5.10. The summed E-state index contributed by atoms with van der Waals surface area (Å²) in [4.78, 5) is 16.4. The first-order valence-electron chi connectivity index (χ1n) is 10.0. The van der Waals surface area contributed by atoms with E-state index in [2.05, 4.69) is 40.8 Å². The van der Waals surface area contributed by atoms with Crippen LogP contribution in [0.5, 0.6) is 0 Å². The summed E-state index contributed by atoms with van der Waals surface area (Å²) < 4.78 is 34.8. The Labute approximate surface area is 213 Å². The molecule has 3 aromatic heterocycles. The number of rotatable bonds is 9. The second-order valence-corrected chi connectivity index (χ2v) is 10.9. The van der Waals surface area contributed by atoms with E-state index in [0.717, 1.165) is 21.4 Å². The van der Waals surface area contributed by atoms with Crippen molar-refractivity contribution in [3.8, 4) is 11.3 Å². The van der Waals surface area contributed by atoms with Crippen LogP contribution in [0.2, 0.25) is 5.02 Å². The molecular weight excluding hydrogens is 566 g/mol. The number of aromatic nitrogens is 3. The topological polar surface area (TPSA) is 115 Å². The van der Waals surface area contributed by atoms with Crippen LogP contribution >= 0.6 is 38.9 Å². The van der Waals surface area contributed by atoms with Crippen LogP contribution in [0.4, 0.5) is 5.82 Å². The SMILES string of the molecule is COC(=O)c1sccc1S(=O)(=O)NCCCNc1cc(-c2ccccc2Cl)nc2c(Br)cnn12. The lowest BCUT2D eigenvalue weighted by molar-refractivity contribution is 0.0602. The molecule has 13 heteroatoms. The van der Waals surface area contributed by atoms with Gasteiger partial charge in [0, 0.05) is 29.7 Å². The lowest BCUT2D eigenvalue weighted by Crippen LogP contribution is -2.27. The molecule has 4 rings (SSSR count). The highest BCUT2D eigenvalue weighted by molar-refractivity contribution is 9.10. The maximum absolute atomic E-state index is 12.6. The van der Waals surface area contributed by atoms with Gasteiger partial charge in [-0.05, 0) is 39.9 Å². The van der Waals surface area contributed by atoms with Crippen LogP contribution in [0.25, 0.3) is 16.9 Å². The largest absolute Gasteiger partial charge is 0.465 e. The van der Waals surface area contributed by atoms with Crippen molar-refractivity contribution in [2.45, 2.75) is 11.3 Å². The first-order chi connectivity index (χ1) is 16.3. The Morgan fingerprint density at radius 1 is 1.26 bits per heavy atom. The summed E-state index contributed by atoms with van der Waals surface area (Å²) in [6.45, 7) is 0.620. The molecule has 0 saturated carbocycles. The van der Waals surface area contributed by atoms with E-state index in [9.17, 15) is 13.2 Å². The summed E-state index contributed by atoms with van der Waals surface area (Å²) in [5.41, 5.74) is 2.08. The number of fused-ring (bicyclic) bond motifs is 1. The zero-order valence-electron chi connectivity index (χ0n) is 17.8. The number of sulfonamides is 1. The van der Waals surface area contributed by atoms with Crippen LogP contribution in [-0.2, 0) is 14.8 Å². The highest BCUT2D eigenvalue weighted by Gasteiger charge is 2.24. The Kier molecular flexibility index (Phi) is 7.53. The van der Waals surface area contributed by atoms with Crippen molar-refractivity contribution in [1.82, 2.24) is 19.3 Å². The summed E-state index contributed by atoms with van der Waals surface area (Å²) in [5, 5.41) is 9.74. The fourth-order valence-electron chi connectivity index (χ4n) is 3.21. The van der Waals surface area contributed by atoms with Crippen molar-refractivity contribution in [1.29, 1.82) is 0 Å². The van der Waals surface area contributed by atoms with E-state index >= 15 is 0 Å². The van der Waals surface area contributed by atoms with Gasteiger partial charge >= 0.3 is 5.97 Å². The number of hydrogen-bond acceptors (Lipinski definition) is 8. The van der Waals surface area contributed by atoms with E-state index in [4.69, 9.17) is 11.6 Å². The summed E-state index contributed by atoms with van der Waals surface area (Å²) in [7, 11) is -2.63. The van der Waals surface area contributed by atoms with Gasteiger partial charge < -0.3 is 10.1 Å². The van der Waals surface area contributed by atoms with Gasteiger partial charge in [0.1, 0.15) is 15.6 Å². The number of carbonyl (C=O) groups excluding carboxylic acids is 1. The highest BCUT2D eigenvalue weighted by atomic mass is 79.9. The fraction of sp³-hybridized carbons (Fsp3) is 0.190. The second-order valence-electron chi connectivity index (χ2n) is 7.02. The first-order valence-corrected chi connectivity index (χ1v) is 13.5. The van der Waals surface area contributed by atoms with E-state index in [1.807, 2.05) is 24.3 Å². The first kappa shape index (κ1) is 24.6. The Bertz CT molecular complexity index is 1450. The standard InChI is InChI=1S/C21H19BrClN5O4S2/c1-32-21(29)19-17(7-10-33-19)34(30,31)26-9-4-8-24-18-11-16(13-5-2-3-6-15(13)23)27-20-14(22)12-25-28(18)20/h2-3,5-7,10-12,24,26H,4,8-9H2,1H3. The van der Waals surface area contributed by atoms with Gasteiger partial charge in [-0.25, -0.2) is 22.9 Å². The maximum atomic E-state index is 12.6. The van der Waals surface area contributed by atoms with Crippen LogP contribution < -0.4 is 10.0 Å². The van der Waals surface area contributed by atoms with Gasteiger partial charge in [0.2, 0.25) is 10.0 Å². The van der Waals surface area contributed by atoms with E-state index in [0.29, 0.717) is 35.1 Å². The van der Waals surface area contributed by atoms with Crippen LogP contribution in [0, 0.1) is 0 Å². The average molecular weight is 585 g/mol. The number of hydrogen-bond donors (Lipinski definition) is 2. The van der Waals surface area contributed by atoms with Gasteiger partial charge in [-0.1, -0.05) is 29.8 Å². The molecule has 0 fully saturated rings. The van der Waals surface area contributed by atoms with E-state index in [1.165, 1.54) is 18.6 Å². The number of methoxy groups -OCH3 is 1. The van der Waals surface area contributed by atoms with Gasteiger partial charge in [-0.3, -0.25) is 0 Å². The monoisotopic (exact) mass is 583 g/mol. The Morgan fingerprint density at radius 2 is 2.06 bits per heavy atom. The average Bonchev–Trinajstić information content (AvgIpc) is 3.46. The minimum atomic E-state index is -3.84. The number of anilines is 1. The molecule has 0 spiro atoms. The molecular formula is C21H19BrClN5O4S2. The molecule has 0 saturated heterocycles. The number of halogens is 2. The van der Waals surface area contributed by atoms with E-state index in [-0.39, 0.29) is 16.3 Å². The fourth-order valence-corrected chi connectivity index (χ4v) is 6.20. The number of esters is 1. The summed E-state index contributed by atoms with van der Waals surface area (Å²) in [5.74, 6) is -0.00209. The molecule has 4 aromatic rings. The molecule has 0 atom stereocenters. The molecule has 0 aliphatic carbocycles. The Balaban J connectivity index is 1.45. The molecule has 3 heterocycles.